The highest BCUT2D eigenvalue weighted by atomic mass is 19.1. The zero-order valence-corrected chi connectivity index (χ0v) is 14.3. The zero-order valence-electron chi connectivity index (χ0n) is 14.3. The van der Waals surface area contributed by atoms with Gasteiger partial charge in [0, 0.05) is 20.1 Å². The predicted octanol–water partition coefficient (Wildman–Crippen LogP) is 2.16. The van der Waals surface area contributed by atoms with Crippen molar-refractivity contribution in [2.45, 2.75) is 13.1 Å². The molecule has 2 aromatic carbocycles. The van der Waals surface area contributed by atoms with Crippen molar-refractivity contribution in [1.29, 1.82) is 5.26 Å². The Morgan fingerprint density at radius 3 is 2.42 bits per heavy atom. The second-order valence-corrected chi connectivity index (χ2v) is 5.71. The van der Waals surface area contributed by atoms with Crippen molar-refractivity contribution in [3.63, 3.8) is 0 Å². The van der Waals surface area contributed by atoms with Crippen molar-refractivity contribution in [2.24, 2.45) is 0 Å². The number of nitriles is 1. The topological polar surface area (TPSA) is 85.2 Å². The first kappa shape index (κ1) is 19.1. The fourth-order valence-electron chi connectivity index (χ4n) is 2.44. The van der Waals surface area contributed by atoms with E-state index in [2.05, 4.69) is 10.6 Å². The van der Waals surface area contributed by atoms with Crippen LogP contribution in [0.15, 0.2) is 48.5 Å². The van der Waals surface area contributed by atoms with Crippen molar-refractivity contribution < 1.29 is 14.0 Å². The summed E-state index contributed by atoms with van der Waals surface area (Å²) in [5, 5.41) is 13.4. The number of hydrogen-bond acceptors (Lipinski definition) is 4. The van der Waals surface area contributed by atoms with Gasteiger partial charge in [0.25, 0.3) is 0 Å². The highest BCUT2D eigenvalue weighted by molar-refractivity contribution is 5.95. The highest BCUT2D eigenvalue weighted by Crippen LogP contribution is 2.12. The Morgan fingerprint density at radius 2 is 1.81 bits per heavy atom. The van der Waals surface area contributed by atoms with Gasteiger partial charge in [0.15, 0.2) is 0 Å². The minimum absolute atomic E-state index is 0.0378. The number of hydrogen-bond donors (Lipinski definition) is 2. The minimum Gasteiger partial charge on any atom is -0.341 e. The van der Waals surface area contributed by atoms with E-state index in [1.807, 2.05) is 6.07 Å². The number of carbonyl (C=O) groups excluding carboxylic acids is 2. The molecule has 0 unspecified atom stereocenters. The van der Waals surface area contributed by atoms with Crippen LogP contribution in [-0.2, 0) is 17.9 Å². The van der Waals surface area contributed by atoms with Crippen molar-refractivity contribution in [2.75, 3.05) is 13.6 Å². The fraction of sp³-hybridized carbons (Fsp3) is 0.211. The van der Waals surface area contributed by atoms with Crippen LogP contribution in [0.3, 0.4) is 0 Å². The quantitative estimate of drug-likeness (QED) is 0.832. The van der Waals surface area contributed by atoms with Gasteiger partial charge < -0.3 is 5.32 Å². The summed E-state index contributed by atoms with van der Waals surface area (Å²) < 4.78 is 13.4. The third kappa shape index (κ3) is 6.00. The molecule has 0 spiro atoms. The summed E-state index contributed by atoms with van der Waals surface area (Å²) in [7, 11) is 1.42. The van der Waals surface area contributed by atoms with Crippen LogP contribution in [0.5, 0.6) is 0 Å². The minimum atomic E-state index is -0.584. The Hall–Kier alpha value is -3.24. The molecule has 0 aliphatic heterocycles. The molecule has 0 bridgehead atoms. The Kier molecular flexibility index (Phi) is 6.83. The molecule has 0 aromatic heterocycles. The summed E-state index contributed by atoms with van der Waals surface area (Å²) in [6.07, 6.45) is 0. The Bertz CT molecular complexity index is 815. The average molecular weight is 354 g/mol. The molecule has 134 valence electrons. The van der Waals surface area contributed by atoms with Gasteiger partial charge in [0.2, 0.25) is 5.91 Å². The molecule has 2 N–H and O–H groups in total. The van der Waals surface area contributed by atoms with E-state index in [4.69, 9.17) is 5.26 Å². The molecule has 2 aromatic rings. The largest absolute Gasteiger partial charge is 0.341 e. The van der Waals surface area contributed by atoms with Gasteiger partial charge in [-0.05, 0) is 35.4 Å². The maximum absolute atomic E-state index is 13.4. The Balaban J connectivity index is 2.12. The second-order valence-electron chi connectivity index (χ2n) is 5.71. The number of nitrogens with zero attached hydrogens (tertiary/aromatic N) is 2. The summed E-state index contributed by atoms with van der Waals surface area (Å²) >= 11 is 0. The van der Waals surface area contributed by atoms with Gasteiger partial charge in [-0.25, -0.2) is 9.18 Å². The van der Waals surface area contributed by atoms with Crippen LogP contribution in [0.1, 0.15) is 16.7 Å². The fourth-order valence-corrected chi connectivity index (χ4v) is 2.44. The zero-order chi connectivity index (χ0) is 18.9. The third-order valence-electron chi connectivity index (χ3n) is 3.63. The van der Waals surface area contributed by atoms with Crippen LogP contribution in [0.4, 0.5) is 9.18 Å². The van der Waals surface area contributed by atoms with E-state index >= 15 is 0 Å². The number of carbonyl (C=O) groups is 2. The molecule has 0 radical (unpaired) electrons. The van der Waals surface area contributed by atoms with Crippen molar-refractivity contribution in [3.8, 4) is 6.07 Å². The molecule has 0 fully saturated rings. The summed E-state index contributed by atoms with van der Waals surface area (Å²) in [5.74, 6) is -0.815. The van der Waals surface area contributed by atoms with E-state index in [1.54, 1.807) is 41.3 Å². The van der Waals surface area contributed by atoms with Crippen LogP contribution >= 0.6 is 0 Å². The SMILES string of the molecule is CNC(=O)NC(=O)CN(Cc1ccc(C#N)cc1)Cc1cccc(F)c1. The van der Waals surface area contributed by atoms with Crippen LogP contribution in [0, 0.1) is 17.1 Å². The van der Waals surface area contributed by atoms with E-state index in [9.17, 15) is 14.0 Å². The molecule has 0 heterocycles. The first-order valence-electron chi connectivity index (χ1n) is 7.97. The molecule has 0 atom stereocenters. The Labute approximate surface area is 151 Å². The van der Waals surface area contributed by atoms with E-state index in [-0.39, 0.29) is 12.4 Å². The lowest BCUT2D eigenvalue weighted by atomic mass is 10.1. The first-order valence-corrected chi connectivity index (χ1v) is 7.97. The molecule has 0 aliphatic carbocycles. The molecule has 0 aliphatic rings. The number of rotatable bonds is 6. The van der Waals surface area contributed by atoms with Crippen LogP contribution in [-0.4, -0.2) is 30.4 Å². The summed E-state index contributed by atoms with van der Waals surface area (Å²) in [5.41, 5.74) is 2.15. The predicted molar refractivity (Wildman–Crippen MR) is 94.3 cm³/mol. The molecule has 2 rings (SSSR count). The molecular weight excluding hydrogens is 335 g/mol. The molecule has 6 nitrogen and oxygen atoms in total. The number of amides is 3. The molecule has 0 saturated carbocycles. The molecule has 0 saturated heterocycles. The van der Waals surface area contributed by atoms with Gasteiger partial charge in [0.05, 0.1) is 18.2 Å². The van der Waals surface area contributed by atoms with Crippen molar-refractivity contribution >= 4 is 11.9 Å². The van der Waals surface area contributed by atoms with Gasteiger partial charge in [-0.2, -0.15) is 5.26 Å². The van der Waals surface area contributed by atoms with Gasteiger partial charge >= 0.3 is 6.03 Å². The van der Waals surface area contributed by atoms with Crippen molar-refractivity contribution in [1.82, 2.24) is 15.5 Å². The van der Waals surface area contributed by atoms with E-state index in [1.165, 1.54) is 19.2 Å². The Morgan fingerprint density at radius 1 is 1.12 bits per heavy atom. The second kappa shape index (κ2) is 9.30. The van der Waals surface area contributed by atoms with Gasteiger partial charge in [0.1, 0.15) is 5.82 Å². The number of urea groups is 1. The first-order chi connectivity index (χ1) is 12.5. The summed E-state index contributed by atoms with van der Waals surface area (Å²) in [6.45, 7) is 0.701. The molecule has 3 amide bonds. The summed E-state index contributed by atoms with van der Waals surface area (Å²) in [4.78, 5) is 25.1. The number of halogens is 1. The standard InChI is InChI=1S/C19H19FN4O2/c1-22-19(26)23-18(25)13-24(12-16-3-2-4-17(20)9-16)11-15-7-5-14(10-21)6-8-15/h2-9H,11-13H2,1H3,(H2,22,23,25,26). The smallest absolute Gasteiger partial charge is 0.321 e. The van der Waals surface area contributed by atoms with Gasteiger partial charge in [-0.1, -0.05) is 24.3 Å². The molecular formula is C19H19FN4O2. The lowest BCUT2D eigenvalue weighted by molar-refractivity contribution is -0.121. The third-order valence-corrected chi connectivity index (χ3v) is 3.63. The number of benzene rings is 2. The number of imide groups is 1. The highest BCUT2D eigenvalue weighted by Gasteiger charge is 2.14. The lowest BCUT2D eigenvalue weighted by Gasteiger charge is -2.22. The van der Waals surface area contributed by atoms with E-state index in [0.29, 0.717) is 24.2 Å². The van der Waals surface area contributed by atoms with Crippen molar-refractivity contribution in [3.05, 3.63) is 71.0 Å². The van der Waals surface area contributed by atoms with Crippen LogP contribution in [0.2, 0.25) is 0 Å². The number of nitrogens with one attached hydrogen (secondary N) is 2. The monoisotopic (exact) mass is 354 g/mol. The molecule has 26 heavy (non-hydrogen) atoms. The van der Waals surface area contributed by atoms with E-state index in [0.717, 1.165) is 5.56 Å². The van der Waals surface area contributed by atoms with Crippen LogP contribution in [0.25, 0.3) is 0 Å². The van der Waals surface area contributed by atoms with Gasteiger partial charge in [-0.3, -0.25) is 15.0 Å². The van der Waals surface area contributed by atoms with E-state index < -0.39 is 11.9 Å². The maximum atomic E-state index is 13.4. The van der Waals surface area contributed by atoms with Crippen LogP contribution < -0.4 is 10.6 Å². The maximum Gasteiger partial charge on any atom is 0.321 e. The molecule has 7 heteroatoms. The average Bonchev–Trinajstić information content (AvgIpc) is 2.62. The summed E-state index contributed by atoms with van der Waals surface area (Å²) in [6, 6.07) is 14.6. The van der Waals surface area contributed by atoms with Gasteiger partial charge in [-0.15, -0.1) is 0 Å². The normalized spacial score (nSPS) is 10.2. The lowest BCUT2D eigenvalue weighted by Crippen LogP contribution is -2.43.